The van der Waals surface area contributed by atoms with Gasteiger partial charge < -0.3 is 39.2 Å². The highest BCUT2D eigenvalue weighted by Gasteiger charge is 2.77. The summed E-state index contributed by atoms with van der Waals surface area (Å²) in [4.78, 5) is 69.7. The Morgan fingerprint density at radius 1 is 0.948 bits per heavy atom. The molecular weight excluding hydrogens is 746 g/mol. The lowest BCUT2D eigenvalue weighted by Crippen LogP contribution is -2.80. The van der Waals surface area contributed by atoms with Crippen LogP contribution < -0.4 is 5.32 Å². The van der Waals surface area contributed by atoms with Crippen LogP contribution in [0.25, 0.3) is 0 Å². The van der Waals surface area contributed by atoms with Gasteiger partial charge in [0.25, 0.3) is 0 Å². The van der Waals surface area contributed by atoms with E-state index in [1.807, 2.05) is 6.92 Å². The molecule has 0 aromatic heterocycles. The highest BCUT2D eigenvalue weighted by molar-refractivity contribution is 5.92. The summed E-state index contributed by atoms with van der Waals surface area (Å²) in [6, 6.07) is 15.3. The molecule has 6 rings (SSSR count). The molecule has 0 spiro atoms. The third-order valence-electron chi connectivity index (χ3n) is 13.3. The standard InChI is InChI=1S/C45H57NO12/c1-24-21-31-44(23-54-31,57-27(4)47)35-37(56-38(50)29-19-15-12-16-20-29)45(53)22-30(25(2)32(42(45,8)9)26(3)36(49)43(24,35)10)55-39(51)34(48)33(28-17-13-11-14-18-28)46-40(52)58-41(5,6)7/h11-20,24,26,30-31,33-35,37,48,53H,21-23H2,1-10H3,(H,46,52)/t24-,26+,30-,31+,33-,34+,35?,37-,43+,44-,45+/m0/s1. The fourth-order valence-corrected chi connectivity index (χ4v) is 10.4. The lowest BCUT2D eigenvalue weighted by molar-refractivity contribution is -0.339. The number of ketones is 1. The summed E-state index contributed by atoms with van der Waals surface area (Å²) in [7, 11) is 0. The number of hydrogen-bond acceptors (Lipinski definition) is 12. The summed E-state index contributed by atoms with van der Waals surface area (Å²) in [5.41, 5.74) is -5.47. The Labute approximate surface area is 339 Å². The minimum Gasteiger partial charge on any atom is -0.456 e. The van der Waals surface area contributed by atoms with Gasteiger partial charge in [0.2, 0.25) is 0 Å². The van der Waals surface area contributed by atoms with E-state index in [1.165, 1.54) is 6.92 Å². The number of aliphatic hydroxyl groups is 2. The summed E-state index contributed by atoms with van der Waals surface area (Å²) in [6.07, 6.45) is -6.21. The Balaban J connectivity index is 1.49. The number of Topliss-reactive ketones (excluding diaryl/α,β-unsaturated/α-hetero) is 1. The van der Waals surface area contributed by atoms with Crippen molar-refractivity contribution in [1.82, 2.24) is 5.32 Å². The van der Waals surface area contributed by atoms with Gasteiger partial charge in [0.1, 0.15) is 35.3 Å². The van der Waals surface area contributed by atoms with Crippen LogP contribution in [-0.2, 0) is 38.1 Å². The minimum absolute atomic E-state index is 0.0976. The first-order chi connectivity index (χ1) is 27.0. The van der Waals surface area contributed by atoms with Gasteiger partial charge in [0.15, 0.2) is 11.7 Å². The van der Waals surface area contributed by atoms with E-state index in [0.29, 0.717) is 23.1 Å². The first-order valence-corrected chi connectivity index (χ1v) is 20.0. The second kappa shape index (κ2) is 15.2. The van der Waals surface area contributed by atoms with Crippen molar-refractivity contribution in [3.63, 3.8) is 0 Å². The van der Waals surface area contributed by atoms with Crippen molar-refractivity contribution in [1.29, 1.82) is 0 Å². The van der Waals surface area contributed by atoms with Gasteiger partial charge in [0, 0.05) is 30.1 Å². The molecule has 13 heteroatoms. The van der Waals surface area contributed by atoms with Gasteiger partial charge in [0.05, 0.1) is 24.1 Å². The second-order valence-corrected chi connectivity index (χ2v) is 18.3. The first kappa shape index (κ1) is 43.0. The molecule has 1 saturated heterocycles. The van der Waals surface area contributed by atoms with E-state index in [-0.39, 0.29) is 30.3 Å². The highest BCUT2D eigenvalue weighted by Crippen LogP contribution is 2.66. The van der Waals surface area contributed by atoms with Crippen molar-refractivity contribution in [2.24, 2.45) is 28.6 Å². The summed E-state index contributed by atoms with van der Waals surface area (Å²) in [6.45, 7) is 16.9. The molecule has 2 aromatic rings. The molecule has 2 aromatic carbocycles. The number of rotatable bonds is 8. The average molecular weight is 804 g/mol. The van der Waals surface area contributed by atoms with Crippen LogP contribution in [-0.4, -0.2) is 87.8 Å². The molecule has 4 aliphatic rings. The predicted octanol–water partition coefficient (Wildman–Crippen LogP) is 5.81. The summed E-state index contributed by atoms with van der Waals surface area (Å²) in [5, 5.41) is 27.9. The Kier molecular flexibility index (Phi) is 11.3. The average Bonchev–Trinajstić information content (AvgIpc) is 3.14. The zero-order chi connectivity index (χ0) is 42.7. The normalized spacial score (nSPS) is 33.7. The van der Waals surface area contributed by atoms with E-state index < -0.39 is 93.9 Å². The third-order valence-corrected chi connectivity index (χ3v) is 13.3. The van der Waals surface area contributed by atoms with Crippen molar-refractivity contribution < 1.29 is 57.9 Å². The molecule has 3 N–H and O–H groups in total. The van der Waals surface area contributed by atoms with E-state index in [4.69, 9.17) is 23.7 Å². The fourth-order valence-electron chi connectivity index (χ4n) is 10.4. The van der Waals surface area contributed by atoms with Crippen LogP contribution in [0.2, 0.25) is 0 Å². The summed E-state index contributed by atoms with van der Waals surface area (Å²) >= 11 is 0. The van der Waals surface area contributed by atoms with Gasteiger partial charge in [-0.1, -0.05) is 83.1 Å². The Morgan fingerprint density at radius 2 is 1.55 bits per heavy atom. The van der Waals surface area contributed by atoms with Gasteiger partial charge in [-0.25, -0.2) is 14.4 Å². The fraction of sp³-hybridized carbons (Fsp3) is 0.578. The van der Waals surface area contributed by atoms with E-state index in [2.05, 4.69) is 5.32 Å². The monoisotopic (exact) mass is 803 g/mol. The maximum atomic E-state index is 15.4. The lowest BCUT2D eigenvalue weighted by atomic mass is 9.42. The quantitative estimate of drug-likeness (QED) is 0.166. The number of benzene rings is 2. The first-order valence-electron chi connectivity index (χ1n) is 20.0. The van der Waals surface area contributed by atoms with Crippen LogP contribution in [0.15, 0.2) is 71.8 Å². The van der Waals surface area contributed by atoms with Crippen molar-refractivity contribution in [3.05, 3.63) is 82.9 Å². The van der Waals surface area contributed by atoms with Crippen LogP contribution in [0.3, 0.4) is 0 Å². The minimum atomic E-state index is -2.08. The van der Waals surface area contributed by atoms with Crippen molar-refractivity contribution >= 4 is 29.8 Å². The molecule has 3 fully saturated rings. The third kappa shape index (κ3) is 7.12. The number of carbonyl (C=O) groups is 5. The molecular formula is C45H57NO12. The van der Waals surface area contributed by atoms with E-state index in [1.54, 1.807) is 116 Å². The molecule has 13 nitrogen and oxygen atoms in total. The van der Waals surface area contributed by atoms with Crippen molar-refractivity contribution in [2.45, 2.75) is 129 Å². The maximum Gasteiger partial charge on any atom is 0.408 e. The number of hydrogen-bond donors (Lipinski definition) is 3. The van der Waals surface area contributed by atoms with Crippen LogP contribution in [0, 0.1) is 28.6 Å². The summed E-state index contributed by atoms with van der Waals surface area (Å²) < 4.78 is 30.3. The molecule has 58 heavy (non-hydrogen) atoms. The molecule has 1 aliphatic heterocycles. The largest absolute Gasteiger partial charge is 0.456 e. The molecule has 2 bridgehead atoms. The zero-order valence-corrected chi connectivity index (χ0v) is 35.0. The van der Waals surface area contributed by atoms with Crippen LogP contribution in [0.4, 0.5) is 4.79 Å². The van der Waals surface area contributed by atoms with E-state index in [0.717, 1.165) is 0 Å². The van der Waals surface area contributed by atoms with Crippen molar-refractivity contribution in [3.8, 4) is 0 Å². The topological polar surface area (TPSA) is 184 Å². The number of ether oxygens (including phenoxy) is 5. The number of aliphatic hydroxyl groups excluding tert-OH is 1. The van der Waals surface area contributed by atoms with Gasteiger partial charge in [-0.2, -0.15) is 0 Å². The predicted molar refractivity (Wildman–Crippen MR) is 210 cm³/mol. The summed E-state index contributed by atoms with van der Waals surface area (Å²) in [5.74, 6) is -5.08. The second-order valence-electron chi connectivity index (χ2n) is 18.3. The van der Waals surface area contributed by atoms with Gasteiger partial charge >= 0.3 is 24.0 Å². The highest BCUT2D eigenvalue weighted by atomic mass is 16.6. The molecule has 0 radical (unpaired) electrons. The van der Waals surface area contributed by atoms with E-state index in [9.17, 15) is 29.4 Å². The molecule has 1 unspecified atom stereocenters. The van der Waals surface area contributed by atoms with E-state index >= 15 is 4.79 Å². The van der Waals surface area contributed by atoms with Crippen LogP contribution in [0.5, 0.6) is 0 Å². The Morgan fingerprint density at radius 3 is 2.10 bits per heavy atom. The van der Waals surface area contributed by atoms with Crippen LogP contribution >= 0.6 is 0 Å². The number of fused-ring (bicyclic) bond motifs is 5. The van der Waals surface area contributed by atoms with Gasteiger partial charge in [-0.3, -0.25) is 9.59 Å². The smallest absolute Gasteiger partial charge is 0.408 e. The molecule has 3 aliphatic carbocycles. The number of esters is 3. The Hall–Kier alpha value is -4.59. The molecule has 1 amide bonds. The van der Waals surface area contributed by atoms with Gasteiger partial charge in [-0.15, -0.1) is 0 Å². The molecule has 1 heterocycles. The SMILES string of the molecule is CC(=O)O[C@@]12CO[C@@H]1C[C@H](C)[C@@]1(C)C(=O)[C@H](C)C3=C(C)[C@@H](OC(=O)[C@H](O)[C@@H](NC(=O)OC(C)(C)C)c4ccccc4)C[C@@](O)([C@@H](OC(=O)c4ccccc4)C12)C3(C)C. The Bertz CT molecular complexity index is 1970. The molecule has 314 valence electrons. The van der Waals surface area contributed by atoms with Crippen LogP contribution in [0.1, 0.15) is 104 Å². The maximum absolute atomic E-state index is 15.4. The number of nitrogens with one attached hydrogen (secondary N) is 1. The number of amides is 1. The molecule has 11 atom stereocenters. The number of alkyl carbamates (subject to hydrolysis) is 1. The lowest BCUT2D eigenvalue weighted by Gasteiger charge is -2.68. The number of carbonyl (C=O) groups excluding carboxylic acids is 5. The van der Waals surface area contributed by atoms with Crippen molar-refractivity contribution in [2.75, 3.05) is 6.61 Å². The van der Waals surface area contributed by atoms with Gasteiger partial charge in [-0.05, 0) is 68.9 Å². The molecule has 2 saturated carbocycles. The zero-order valence-electron chi connectivity index (χ0n) is 35.0.